The fraction of sp³-hybridized carbons (Fsp3) is 0.158. The van der Waals surface area contributed by atoms with E-state index in [0.717, 1.165) is 5.56 Å². The number of ether oxygens (including phenoxy) is 2. The molecule has 2 N–H and O–H groups in total. The van der Waals surface area contributed by atoms with Crippen LogP contribution in [0.15, 0.2) is 48.5 Å². The second-order valence-corrected chi connectivity index (χ2v) is 5.64. The van der Waals surface area contributed by atoms with Crippen molar-refractivity contribution >= 4 is 29.5 Å². The van der Waals surface area contributed by atoms with Crippen LogP contribution in [-0.2, 0) is 4.79 Å². The molecule has 2 aromatic rings. The summed E-state index contributed by atoms with van der Waals surface area (Å²) in [6.45, 7) is 1.64. The van der Waals surface area contributed by atoms with Crippen LogP contribution in [0.25, 0.3) is 6.08 Å². The van der Waals surface area contributed by atoms with E-state index in [1.165, 1.54) is 7.11 Å². The maximum atomic E-state index is 11.9. The highest BCUT2D eigenvalue weighted by Gasteiger charge is 2.10. The zero-order chi connectivity index (χ0) is 18.9. The first-order valence-corrected chi connectivity index (χ1v) is 8.19. The number of carbonyl (C=O) groups excluding carboxylic acids is 2. The molecule has 0 atom stereocenters. The lowest BCUT2D eigenvalue weighted by Crippen LogP contribution is -2.43. The van der Waals surface area contributed by atoms with Crippen molar-refractivity contribution in [2.75, 3.05) is 13.7 Å². The zero-order valence-electron chi connectivity index (χ0n) is 14.4. The molecule has 0 unspecified atom stereocenters. The van der Waals surface area contributed by atoms with Gasteiger partial charge in [-0.25, -0.2) is 0 Å². The third kappa shape index (κ3) is 5.53. The van der Waals surface area contributed by atoms with E-state index in [9.17, 15) is 9.59 Å². The Balaban J connectivity index is 1.86. The number of methoxy groups -OCH3 is 1. The molecule has 0 saturated carbocycles. The average molecular weight is 375 g/mol. The fourth-order valence-electron chi connectivity index (χ4n) is 2.08. The van der Waals surface area contributed by atoms with Crippen LogP contribution in [-0.4, -0.2) is 25.5 Å². The lowest BCUT2D eigenvalue weighted by Gasteiger charge is -2.12. The molecule has 0 fully saturated rings. The third-order valence-corrected chi connectivity index (χ3v) is 3.58. The van der Waals surface area contributed by atoms with E-state index in [1.54, 1.807) is 36.4 Å². The fourth-order valence-corrected chi connectivity index (χ4v) is 2.20. The molecule has 7 heteroatoms. The van der Waals surface area contributed by atoms with Crippen LogP contribution in [0.1, 0.15) is 22.8 Å². The summed E-state index contributed by atoms with van der Waals surface area (Å²) in [5.41, 5.74) is 5.92. The van der Waals surface area contributed by atoms with E-state index < -0.39 is 11.8 Å². The van der Waals surface area contributed by atoms with E-state index in [2.05, 4.69) is 10.9 Å². The van der Waals surface area contributed by atoms with Crippen LogP contribution >= 0.6 is 11.6 Å². The average Bonchev–Trinajstić information content (AvgIpc) is 2.65. The first kappa shape index (κ1) is 19.3. The monoisotopic (exact) mass is 374 g/mol. The van der Waals surface area contributed by atoms with Gasteiger partial charge in [-0.1, -0.05) is 29.8 Å². The SMILES string of the molecule is C/C=C/c1ccc(OCC(=O)NNC(=O)c2ccc(Cl)cc2)c(OC)c1. The summed E-state index contributed by atoms with van der Waals surface area (Å²) in [6.07, 6.45) is 3.83. The van der Waals surface area contributed by atoms with Gasteiger partial charge in [-0.15, -0.1) is 0 Å². The van der Waals surface area contributed by atoms with Crippen molar-refractivity contribution in [1.29, 1.82) is 0 Å². The maximum absolute atomic E-state index is 11.9. The van der Waals surface area contributed by atoms with E-state index in [0.29, 0.717) is 22.1 Å². The summed E-state index contributed by atoms with van der Waals surface area (Å²) in [5.74, 6) is -0.0197. The summed E-state index contributed by atoms with van der Waals surface area (Å²) in [5, 5.41) is 0.522. The van der Waals surface area contributed by atoms with Crippen molar-refractivity contribution in [2.24, 2.45) is 0 Å². The number of amides is 2. The number of benzene rings is 2. The molecule has 0 spiro atoms. The highest BCUT2D eigenvalue weighted by atomic mass is 35.5. The number of hydrogen-bond donors (Lipinski definition) is 2. The van der Waals surface area contributed by atoms with Crippen molar-refractivity contribution in [3.05, 3.63) is 64.7 Å². The van der Waals surface area contributed by atoms with Crippen LogP contribution in [0.3, 0.4) is 0 Å². The minimum Gasteiger partial charge on any atom is -0.493 e. The van der Waals surface area contributed by atoms with Crippen molar-refractivity contribution in [1.82, 2.24) is 10.9 Å². The Hall–Kier alpha value is -2.99. The number of carbonyl (C=O) groups is 2. The molecule has 0 aliphatic carbocycles. The topological polar surface area (TPSA) is 76.7 Å². The Morgan fingerprint density at radius 1 is 1.08 bits per heavy atom. The number of allylic oxidation sites excluding steroid dienone is 1. The maximum Gasteiger partial charge on any atom is 0.276 e. The van der Waals surface area contributed by atoms with Crippen molar-refractivity contribution in [2.45, 2.75) is 6.92 Å². The molecule has 0 saturated heterocycles. The van der Waals surface area contributed by atoms with Crippen LogP contribution in [0, 0.1) is 0 Å². The van der Waals surface area contributed by atoms with E-state index in [-0.39, 0.29) is 6.61 Å². The van der Waals surface area contributed by atoms with Crippen molar-refractivity contribution in [3.63, 3.8) is 0 Å². The minimum atomic E-state index is -0.508. The normalized spacial score (nSPS) is 10.4. The highest BCUT2D eigenvalue weighted by Crippen LogP contribution is 2.28. The van der Waals surface area contributed by atoms with Gasteiger partial charge in [0.15, 0.2) is 18.1 Å². The quantitative estimate of drug-likeness (QED) is 0.761. The Bertz CT molecular complexity index is 804. The summed E-state index contributed by atoms with van der Waals surface area (Å²) >= 11 is 5.76. The summed E-state index contributed by atoms with van der Waals surface area (Å²) in [4.78, 5) is 23.7. The van der Waals surface area contributed by atoms with Gasteiger partial charge in [-0.05, 0) is 48.9 Å². The molecular formula is C19H19ClN2O4. The number of nitrogens with one attached hydrogen (secondary N) is 2. The molecule has 136 valence electrons. The molecule has 0 bridgehead atoms. The van der Waals surface area contributed by atoms with Crippen LogP contribution in [0.5, 0.6) is 11.5 Å². The Morgan fingerprint density at radius 3 is 2.46 bits per heavy atom. The van der Waals surface area contributed by atoms with Crippen LogP contribution in [0.2, 0.25) is 5.02 Å². The predicted molar refractivity (Wildman–Crippen MR) is 100 cm³/mol. The summed E-state index contributed by atoms with van der Waals surface area (Å²) in [7, 11) is 1.52. The van der Waals surface area contributed by atoms with Gasteiger partial charge in [-0.3, -0.25) is 20.4 Å². The smallest absolute Gasteiger partial charge is 0.276 e. The molecule has 26 heavy (non-hydrogen) atoms. The number of rotatable bonds is 6. The number of hydrogen-bond acceptors (Lipinski definition) is 4. The standard InChI is InChI=1S/C19H19ClN2O4/c1-3-4-13-5-10-16(17(11-13)25-2)26-12-18(23)21-22-19(24)14-6-8-15(20)9-7-14/h3-11H,12H2,1-2H3,(H,21,23)(H,22,24)/b4-3+. The first-order valence-electron chi connectivity index (χ1n) is 7.81. The molecule has 0 aliphatic heterocycles. The van der Waals surface area contributed by atoms with Gasteiger partial charge < -0.3 is 9.47 Å². The molecular weight excluding hydrogens is 356 g/mol. The van der Waals surface area contributed by atoms with Gasteiger partial charge in [0, 0.05) is 10.6 Å². The number of hydrazine groups is 1. The first-order chi connectivity index (χ1) is 12.5. The van der Waals surface area contributed by atoms with Gasteiger partial charge >= 0.3 is 0 Å². The molecule has 0 aromatic heterocycles. The third-order valence-electron chi connectivity index (χ3n) is 3.33. The predicted octanol–water partition coefficient (Wildman–Crippen LogP) is 3.22. The van der Waals surface area contributed by atoms with Crippen molar-refractivity contribution < 1.29 is 19.1 Å². The molecule has 2 aromatic carbocycles. The van der Waals surface area contributed by atoms with Gasteiger partial charge in [0.25, 0.3) is 11.8 Å². The van der Waals surface area contributed by atoms with E-state index in [1.807, 2.05) is 25.1 Å². The Labute approximate surface area is 156 Å². The van der Waals surface area contributed by atoms with Crippen molar-refractivity contribution in [3.8, 4) is 11.5 Å². The molecule has 6 nitrogen and oxygen atoms in total. The van der Waals surface area contributed by atoms with Gasteiger partial charge in [0.1, 0.15) is 0 Å². The van der Waals surface area contributed by atoms with Crippen LogP contribution < -0.4 is 20.3 Å². The summed E-state index contributed by atoms with van der Waals surface area (Å²) < 4.78 is 10.7. The lowest BCUT2D eigenvalue weighted by molar-refractivity contribution is -0.123. The van der Waals surface area contributed by atoms with E-state index in [4.69, 9.17) is 21.1 Å². The minimum absolute atomic E-state index is 0.278. The summed E-state index contributed by atoms with van der Waals surface area (Å²) in [6, 6.07) is 11.6. The van der Waals surface area contributed by atoms with Gasteiger partial charge in [0.05, 0.1) is 7.11 Å². The van der Waals surface area contributed by atoms with Gasteiger partial charge in [0.2, 0.25) is 0 Å². The van der Waals surface area contributed by atoms with Crippen LogP contribution in [0.4, 0.5) is 0 Å². The van der Waals surface area contributed by atoms with E-state index >= 15 is 0 Å². The molecule has 2 amide bonds. The zero-order valence-corrected chi connectivity index (χ0v) is 15.2. The highest BCUT2D eigenvalue weighted by molar-refractivity contribution is 6.30. The second kappa shape index (κ2) is 9.48. The second-order valence-electron chi connectivity index (χ2n) is 5.21. The Morgan fingerprint density at radius 2 is 1.81 bits per heavy atom. The molecule has 0 aliphatic rings. The number of halogens is 1. The Kier molecular flexibility index (Phi) is 7.05. The lowest BCUT2D eigenvalue weighted by atomic mass is 10.2. The molecule has 0 radical (unpaired) electrons. The largest absolute Gasteiger partial charge is 0.493 e. The van der Waals surface area contributed by atoms with Gasteiger partial charge in [-0.2, -0.15) is 0 Å². The molecule has 0 heterocycles. The molecule has 2 rings (SSSR count).